The highest BCUT2D eigenvalue weighted by atomic mass is 16.7. The molecule has 3 heteroatoms. The smallest absolute Gasteiger partial charge is 0.169 e. The van der Waals surface area contributed by atoms with Gasteiger partial charge >= 0.3 is 0 Å². The van der Waals surface area contributed by atoms with Crippen LogP contribution in [0.1, 0.15) is 39.5 Å². The van der Waals surface area contributed by atoms with Crippen molar-refractivity contribution in [1.29, 1.82) is 0 Å². The summed E-state index contributed by atoms with van der Waals surface area (Å²) < 4.78 is 12.3. The Bertz CT molecular complexity index is 455. The summed E-state index contributed by atoms with van der Waals surface area (Å²) in [5.74, 6) is 0.752. The van der Waals surface area contributed by atoms with E-state index in [9.17, 15) is 4.79 Å². The third-order valence-electron chi connectivity index (χ3n) is 5.73. The van der Waals surface area contributed by atoms with E-state index in [1.807, 2.05) is 6.08 Å². The molecule has 0 aromatic heterocycles. The van der Waals surface area contributed by atoms with E-state index < -0.39 is 5.79 Å². The minimum atomic E-state index is -0.472. The fourth-order valence-electron chi connectivity index (χ4n) is 4.71. The van der Waals surface area contributed by atoms with Crippen LogP contribution in [-0.4, -0.2) is 24.8 Å². The molecule has 1 heterocycles. The minimum Gasteiger partial charge on any atom is -0.349 e. The minimum absolute atomic E-state index is 0.0952. The maximum atomic E-state index is 12.4. The summed E-state index contributed by atoms with van der Waals surface area (Å²) in [5.41, 5.74) is -0.0839. The molecule has 1 saturated heterocycles. The Balaban J connectivity index is 1.63. The van der Waals surface area contributed by atoms with Crippen molar-refractivity contribution < 1.29 is 14.3 Å². The lowest BCUT2D eigenvalue weighted by Crippen LogP contribution is -2.47. The quantitative estimate of drug-likeness (QED) is 0.673. The van der Waals surface area contributed by atoms with Crippen molar-refractivity contribution in [1.82, 2.24) is 0 Å². The Hall–Kier alpha value is -0.670. The van der Waals surface area contributed by atoms with Gasteiger partial charge in [-0.1, -0.05) is 19.9 Å². The van der Waals surface area contributed by atoms with Crippen LogP contribution in [0, 0.1) is 22.7 Å². The van der Waals surface area contributed by atoms with Crippen molar-refractivity contribution in [3.05, 3.63) is 12.2 Å². The summed E-state index contributed by atoms with van der Waals surface area (Å²) in [4.78, 5) is 12.4. The second-order valence-electron chi connectivity index (χ2n) is 7.68. The maximum absolute atomic E-state index is 12.4. The van der Waals surface area contributed by atoms with Gasteiger partial charge in [0.05, 0.1) is 13.2 Å². The molecule has 3 fully saturated rings. The zero-order valence-electron chi connectivity index (χ0n) is 11.8. The number of hydrogen-bond donors (Lipinski definition) is 0. The lowest BCUT2D eigenvalue weighted by Gasteiger charge is -2.42. The van der Waals surface area contributed by atoms with Gasteiger partial charge in [0.2, 0.25) is 0 Å². The number of hydrogen-bond acceptors (Lipinski definition) is 3. The third kappa shape index (κ3) is 1.49. The molecule has 4 aliphatic rings. The number of allylic oxidation sites excluding steroid dienone is 2. The molecule has 3 aliphatic carbocycles. The fourth-order valence-corrected chi connectivity index (χ4v) is 4.71. The monoisotopic (exact) mass is 262 g/mol. The fraction of sp³-hybridized carbons (Fsp3) is 0.812. The Labute approximate surface area is 114 Å². The van der Waals surface area contributed by atoms with E-state index >= 15 is 0 Å². The molecule has 0 bridgehead atoms. The topological polar surface area (TPSA) is 35.5 Å². The standard InChI is InChI=1S/C16H22O3/c1-14(2)9-18-15(19-10-14)7-12-4-3-11-5-6-13(17)16(11,12)8-15/h5-6,11-12H,3-4,7-10H2,1-2H3/t11-,12-,16+/m0/s1. The average molecular weight is 262 g/mol. The Morgan fingerprint density at radius 2 is 1.95 bits per heavy atom. The summed E-state index contributed by atoms with van der Waals surface area (Å²) in [6.45, 7) is 5.81. The molecular weight excluding hydrogens is 240 g/mol. The number of carbonyl (C=O) groups is 1. The lowest BCUT2D eigenvalue weighted by molar-refractivity contribution is -0.299. The zero-order valence-corrected chi connectivity index (χ0v) is 11.8. The van der Waals surface area contributed by atoms with Crippen LogP contribution in [0.25, 0.3) is 0 Å². The molecule has 0 aromatic rings. The van der Waals surface area contributed by atoms with Crippen LogP contribution in [0.3, 0.4) is 0 Å². The molecule has 104 valence electrons. The average Bonchev–Trinajstić information content (AvgIpc) is 2.94. The van der Waals surface area contributed by atoms with Gasteiger partial charge in [-0.3, -0.25) is 4.79 Å². The lowest BCUT2D eigenvalue weighted by atomic mass is 9.74. The normalized spacial score (nSPS) is 45.7. The number of rotatable bonds is 0. The van der Waals surface area contributed by atoms with Gasteiger partial charge in [0.25, 0.3) is 0 Å². The van der Waals surface area contributed by atoms with Gasteiger partial charge in [-0.2, -0.15) is 0 Å². The first-order chi connectivity index (χ1) is 8.96. The van der Waals surface area contributed by atoms with Gasteiger partial charge in [0.15, 0.2) is 11.6 Å². The van der Waals surface area contributed by atoms with Gasteiger partial charge in [0, 0.05) is 23.7 Å². The van der Waals surface area contributed by atoms with Crippen molar-refractivity contribution in [2.24, 2.45) is 22.7 Å². The molecule has 0 aromatic carbocycles. The predicted molar refractivity (Wildman–Crippen MR) is 70.4 cm³/mol. The van der Waals surface area contributed by atoms with E-state index in [-0.39, 0.29) is 10.8 Å². The first-order valence-electron chi connectivity index (χ1n) is 7.46. The van der Waals surface area contributed by atoms with Gasteiger partial charge in [-0.05, 0) is 30.8 Å². The summed E-state index contributed by atoms with van der Waals surface area (Å²) in [5, 5.41) is 0. The summed E-state index contributed by atoms with van der Waals surface area (Å²) >= 11 is 0. The van der Waals surface area contributed by atoms with E-state index in [1.54, 1.807) is 0 Å². The molecule has 0 radical (unpaired) electrons. The Kier molecular flexibility index (Phi) is 2.23. The largest absolute Gasteiger partial charge is 0.349 e. The first-order valence-corrected chi connectivity index (χ1v) is 7.46. The zero-order chi connectivity index (χ0) is 13.3. The highest BCUT2D eigenvalue weighted by Crippen LogP contribution is 2.65. The van der Waals surface area contributed by atoms with Gasteiger partial charge < -0.3 is 9.47 Å². The highest BCUT2D eigenvalue weighted by molar-refractivity contribution is 5.98. The van der Waals surface area contributed by atoms with Crippen LogP contribution in [0.5, 0.6) is 0 Å². The second kappa shape index (κ2) is 3.50. The van der Waals surface area contributed by atoms with E-state index in [4.69, 9.17) is 9.47 Å². The summed E-state index contributed by atoms with van der Waals surface area (Å²) in [7, 11) is 0. The van der Waals surface area contributed by atoms with E-state index in [2.05, 4.69) is 19.9 Å². The molecule has 0 amide bonds. The first kappa shape index (κ1) is 12.1. The Morgan fingerprint density at radius 3 is 2.68 bits per heavy atom. The molecule has 2 saturated carbocycles. The van der Waals surface area contributed by atoms with E-state index in [1.165, 1.54) is 0 Å². The van der Waals surface area contributed by atoms with Crippen molar-refractivity contribution in [3.8, 4) is 0 Å². The van der Waals surface area contributed by atoms with Crippen LogP contribution >= 0.6 is 0 Å². The number of ether oxygens (including phenoxy) is 2. The van der Waals surface area contributed by atoms with Crippen molar-refractivity contribution >= 4 is 5.78 Å². The van der Waals surface area contributed by atoms with Gasteiger partial charge in [0.1, 0.15) is 0 Å². The molecule has 4 rings (SSSR count). The van der Waals surface area contributed by atoms with E-state index in [0.717, 1.165) is 38.9 Å². The molecule has 3 nitrogen and oxygen atoms in total. The van der Waals surface area contributed by atoms with Crippen LogP contribution in [0.15, 0.2) is 12.2 Å². The number of carbonyl (C=O) groups excluding carboxylic acids is 1. The number of ketones is 1. The van der Waals surface area contributed by atoms with Crippen molar-refractivity contribution in [2.45, 2.75) is 45.3 Å². The molecule has 0 unspecified atom stereocenters. The van der Waals surface area contributed by atoms with E-state index in [0.29, 0.717) is 17.6 Å². The molecule has 1 aliphatic heterocycles. The summed E-state index contributed by atoms with van der Waals surface area (Å²) in [6, 6.07) is 0. The van der Waals surface area contributed by atoms with Crippen LogP contribution < -0.4 is 0 Å². The van der Waals surface area contributed by atoms with Crippen molar-refractivity contribution in [2.75, 3.05) is 13.2 Å². The molecule has 19 heavy (non-hydrogen) atoms. The molecule has 3 atom stereocenters. The SMILES string of the molecule is CC1(C)COC2(C[C@@H]3CC[C@H]4C=CC(=O)[C@@]34C2)OC1. The molecule has 2 spiro atoms. The van der Waals surface area contributed by atoms with Crippen LogP contribution in [0.4, 0.5) is 0 Å². The van der Waals surface area contributed by atoms with Gasteiger partial charge in [-0.25, -0.2) is 0 Å². The molecule has 0 N–H and O–H groups in total. The van der Waals surface area contributed by atoms with Gasteiger partial charge in [-0.15, -0.1) is 0 Å². The van der Waals surface area contributed by atoms with Crippen LogP contribution in [0.2, 0.25) is 0 Å². The molecular formula is C16H22O3. The third-order valence-corrected chi connectivity index (χ3v) is 5.73. The Morgan fingerprint density at radius 1 is 1.21 bits per heavy atom. The predicted octanol–water partition coefficient (Wildman–Crippen LogP) is 2.70. The maximum Gasteiger partial charge on any atom is 0.169 e. The summed E-state index contributed by atoms with van der Waals surface area (Å²) in [6.07, 6.45) is 7.94. The van der Waals surface area contributed by atoms with Crippen molar-refractivity contribution in [3.63, 3.8) is 0 Å². The van der Waals surface area contributed by atoms with Crippen LogP contribution in [-0.2, 0) is 14.3 Å². The second-order valence-corrected chi connectivity index (χ2v) is 7.68. The highest BCUT2D eigenvalue weighted by Gasteiger charge is 2.66.